The average molecular weight is 229 g/mol. The molecule has 1 aliphatic heterocycles. The van der Waals surface area contributed by atoms with Gasteiger partial charge in [-0.2, -0.15) is 0 Å². The first-order chi connectivity index (χ1) is 7.69. The molecule has 1 rings (SSSR count). The third kappa shape index (κ3) is 3.73. The van der Waals surface area contributed by atoms with Gasteiger partial charge in [-0.15, -0.1) is 0 Å². The molecule has 0 aromatic rings. The summed E-state index contributed by atoms with van der Waals surface area (Å²) in [7, 11) is 1.57. The molecule has 0 bridgehead atoms. The summed E-state index contributed by atoms with van der Waals surface area (Å²) in [5, 5.41) is 0. The van der Waals surface area contributed by atoms with Crippen LogP contribution in [0.15, 0.2) is 0 Å². The minimum atomic E-state index is -0.324. The van der Waals surface area contributed by atoms with Crippen LogP contribution in [0.2, 0.25) is 0 Å². The summed E-state index contributed by atoms with van der Waals surface area (Å²) in [5.41, 5.74) is 5.47. The Morgan fingerprint density at radius 3 is 2.50 bits per heavy atom. The molecule has 1 heterocycles. The van der Waals surface area contributed by atoms with Crippen LogP contribution in [0.25, 0.3) is 0 Å². The van der Waals surface area contributed by atoms with Crippen LogP contribution >= 0.6 is 0 Å². The van der Waals surface area contributed by atoms with E-state index in [4.69, 9.17) is 10.5 Å². The third-order valence-electron chi connectivity index (χ3n) is 3.06. The Morgan fingerprint density at radius 1 is 1.38 bits per heavy atom. The van der Waals surface area contributed by atoms with E-state index >= 15 is 0 Å². The Balaban J connectivity index is 2.28. The quantitative estimate of drug-likeness (QED) is 0.691. The van der Waals surface area contributed by atoms with Crippen molar-refractivity contribution in [1.29, 1.82) is 0 Å². The highest BCUT2D eigenvalue weighted by Gasteiger charge is 2.24. The fraction of sp³-hybridized carbons (Fsp3) is 0.909. The number of hydrogen-bond acceptors (Lipinski definition) is 4. The van der Waals surface area contributed by atoms with Crippen LogP contribution in [0.4, 0.5) is 0 Å². The van der Waals surface area contributed by atoms with E-state index in [1.807, 2.05) is 4.90 Å². The van der Waals surface area contributed by atoms with Gasteiger partial charge in [-0.05, 0) is 26.4 Å². The number of methoxy groups -OCH3 is 1. The summed E-state index contributed by atoms with van der Waals surface area (Å²) in [5.74, 6) is 0.0981. The van der Waals surface area contributed by atoms with Gasteiger partial charge in [0, 0.05) is 33.3 Å². The molecule has 1 fully saturated rings. The van der Waals surface area contributed by atoms with Gasteiger partial charge in [0.1, 0.15) is 6.10 Å². The summed E-state index contributed by atoms with van der Waals surface area (Å²) >= 11 is 0. The van der Waals surface area contributed by atoms with Crippen LogP contribution in [0.3, 0.4) is 0 Å². The first kappa shape index (κ1) is 13.4. The van der Waals surface area contributed by atoms with Crippen molar-refractivity contribution < 1.29 is 9.53 Å². The van der Waals surface area contributed by atoms with Gasteiger partial charge < -0.3 is 15.4 Å². The Kier molecular flexibility index (Phi) is 5.73. The maximum Gasteiger partial charge on any atom is 0.251 e. The average Bonchev–Trinajstić information content (AvgIpc) is 2.35. The van der Waals surface area contributed by atoms with E-state index in [1.165, 1.54) is 0 Å². The van der Waals surface area contributed by atoms with Crippen LogP contribution < -0.4 is 5.73 Å². The van der Waals surface area contributed by atoms with Crippen LogP contribution in [-0.2, 0) is 9.53 Å². The summed E-state index contributed by atoms with van der Waals surface area (Å²) < 4.78 is 5.04. The molecule has 0 aromatic heterocycles. The van der Waals surface area contributed by atoms with Gasteiger partial charge in [-0.25, -0.2) is 0 Å². The number of rotatable bonds is 5. The Bertz CT molecular complexity index is 215. The van der Waals surface area contributed by atoms with Gasteiger partial charge in [0.05, 0.1) is 0 Å². The highest BCUT2D eigenvalue weighted by molar-refractivity contribution is 5.80. The van der Waals surface area contributed by atoms with E-state index in [9.17, 15) is 4.79 Å². The third-order valence-corrected chi connectivity index (χ3v) is 3.06. The van der Waals surface area contributed by atoms with E-state index in [-0.39, 0.29) is 12.0 Å². The molecule has 1 aliphatic rings. The first-order valence-electron chi connectivity index (χ1n) is 5.93. The minimum absolute atomic E-state index is 0.0981. The predicted octanol–water partition coefficient (Wildman–Crippen LogP) is -0.486. The summed E-state index contributed by atoms with van der Waals surface area (Å²) in [4.78, 5) is 16.0. The number of ether oxygens (including phenoxy) is 1. The molecule has 0 aliphatic carbocycles. The molecule has 0 aromatic carbocycles. The maximum atomic E-state index is 11.8. The number of piperazine rings is 1. The molecule has 5 heteroatoms. The molecule has 5 nitrogen and oxygen atoms in total. The number of hydrogen-bond donors (Lipinski definition) is 1. The molecule has 0 spiro atoms. The zero-order valence-electron chi connectivity index (χ0n) is 10.3. The van der Waals surface area contributed by atoms with Crippen molar-refractivity contribution in [3.63, 3.8) is 0 Å². The highest BCUT2D eigenvalue weighted by Crippen LogP contribution is 2.05. The second-order valence-corrected chi connectivity index (χ2v) is 4.19. The van der Waals surface area contributed by atoms with Crippen LogP contribution in [0.5, 0.6) is 0 Å². The maximum absolute atomic E-state index is 11.8. The fourth-order valence-electron chi connectivity index (χ4n) is 1.86. The number of nitrogens with two attached hydrogens (primary N) is 1. The largest absolute Gasteiger partial charge is 0.372 e. The van der Waals surface area contributed by atoms with Gasteiger partial charge >= 0.3 is 0 Å². The van der Waals surface area contributed by atoms with Gasteiger partial charge in [-0.1, -0.05) is 0 Å². The Morgan fingerprint density at radius 2 is 2.00 bits per heavy atom. The van der Waals surface area contributed by atoms with E-state index < -0.39 is 0 Å². The molecule has 2 N–H and O–H groups in total. The van der Waals surface area contributed by atoms with Gasteiger partial charge in [0.25, 0.3) is 5.91 Å². The smallest absolute Gasteiger partial charge is 0.251 e. The molecular formula is C11H23N3O2. The van der Waals surface area contributed by atoms with Crippen LogP contribution in [0, 0.1) is 0 Å². The lowest BCUT2D eigenvalue weighted by Gasteiger charge is -2.35. The van der Waals surface area contributed by atoms with E-state index in [0.29, 0.717) is 0 Å². The minimum Gasteiger partial charge on any atom is -0.372 e. The lowest BCUT2D eigenvalue weighted by molar-refractivity contribution is -0.142. The predicted molar refractivity (Wildman–Crippen MR) is 63.2 cm³/mol. The van der Waals surface area contributed by atoms with Crippen molar-refractivity contribution in [2.24, 2.45) is 5.73 Å². The highest BCUT2D eigenvalue weighted by atomic mass is 16.5. The number of nitrogens with zero attached hydrogens (tertiary/aromatic N) is 2. The van der Waals surface area contributed by atoms with Crippen molar-refractivity contribution in [2.45, 2.75) is 19.4 Å². The molecule has 1 atom stereocenters. The summed E-state index contributed by atoms with van der Waals surface area (Å²) in [6.07, 6.45) is 0.707. The van der Waals surface area contributed by atoms with Crippen molar-refractivity contribution >= 4 is 5.91 Å². The van der Waals surface area contributed by atoms with Gasteiger partial charge in [0.15, 0.2) is 0 Å². The standard InChI is InChI=1S/C11H23N3O2/c1-10(16-2)11(15)14-8-6-13(7-9-14)5-3-4-12/h10H,3-9,12H2,1-2H3. The zero-order chi connectivity index (χ0) is 12.0. The normalized spacial score (nSPS) is 19.8. The molecule has 1 unspecified atom stereocenters. The summed E-state index contributed by atoms with van der Waals surface area (Å²) in [6.45, 7) is 7.07. The van der Waals surface area contributed by atoms with Crippen molar-refractivity contribution in [2.75, 3.05) is 46.4 Å². The lowest BCUT2D eigenvalue weighted by Crippen LogP contribution is -2.51. The molecule has 0 radical (unpaired) electrons. The summed E-state index contributed by atoms with van der Waals surface area (Å²) in [6, 6.07) is 0. The van der Waals surface area contributed by atoms with E-state index in [1.54, 1.807) is 14.0 Å². The topological polar surface area (TPSA) is 58.8 Å². The zero-order valence-corrected chi connectivity index (χ0v) is 10.3. The van der Waals surface area contributed by atoms with E-state index in [0.717, 1.165) is 45.7 Å². The van der Waals surface area contributed by atoms with E-state index in [2.05, 4.69) is 4.90 Å². The van der Waals surface area contributed by atoms with Crippen LogP contribution in [-0.4, -0.2) is 68.2 Å². The van der Waals surface area contributed by atoms with Crippen molar-refractivity contribution in [1.82, 2.24) is 9.80 Å². The SMILES string of the molecule is COC(C)C(=O)N1CCN(CCCN)CC1. The Labute approximate surface area is 97.5 Å². The molecule has 94 valence electrons. The molecule has 16 heavy (non-hydrogen) atoms. The lowest BCUT2D eigenvalue weighted by atomic mass is 10.2. The van der Waals surface area contributed by atoms with Crippen LogP contribution in [0.1, 0.15) is 13.3 Å². The number of amides is 1. The molecule has 1 amide bonds. The van der Waals surface area contributed by atoms with Crippen molar-refractivity contribution in [3.05, 3.63) is 0 Å². The van der Waals surface area contributed by atoms with Gasteiger partial charge in [-0.3, -0.25) is 9.69 Å². The second-order valence-electron chi connectivity index (χ2n) is 4.19. The molecule has 0 saturated carbocycles. The monoisotopic (exact) mass is 229 g/mol. The fourth-order valence-corrected chi connectivity index (χ4v) is 1.86. The van der Waals surface area contributed by atoms with Crippen molar-refractivity contribution in [3.8, 4) is 0 Å². The van der Waals surface area contributed by atoms with Gasteiger partial charge in [0.2, 0.25) is 0 Å². The number of carbonyl (C=O) groups excluding carboxylic acids is 1. The molecular weight excluding hydrogens is 206 g/mol. The molecule has 1 saturated heterocycles. The number of carbonyl (C=O) groups is 1. The Hall–Kier alpha value is -0.650. The first-order valence-corrected chi connectivity index (χ1v) is 5.93. The second kappa shape index (κ2) is 6.83.